The Hall–Kier alpha value is -2.28. The van der Waals surface area contributed by atoms with Gasteiger partial charge in [-0.05, 0) is 12.1 Å². The Morgan fingerprint density at radius 1 is 1.28 bits per heavy atom. The van der Waals surface area contributed by atoms with Crippen LogP contribution in [0.4, 0.5) is 15.2 Å². The van der Waals surface area contributed by atoms with Crippen LogP contribution in [0.25, 0.3) is 5.00 Å². The van der Waals surface area contributed by atoms with Gasteiger partial charge in [0, 0.05) is 0 Å². The Labute approximate surface area is 106 Å². The molecular weight excluding hydrogens is 253 g/mol. The topological polar surface area (TPSA) is 55.6 Å². The van der Waals surface area contributed by atoms with Crippen LogP contribution in [0.3, 0.4) is 0 Å². The number of thiazole rings is 1. The number of halogens is 1. The Bertz CT molecular complexity index is 649. The summed E-state index contributed by atoms with van der Waals surface area (Å²) in [6.45, 7) is 0. The first-order valence-corrected chi connectivity index (χ1v) is 5.97. The summed E-state index contributed by atoms with van der Waals surface area (Å²) in [6, 6.07) is 6.46. The first-order chi connectivity index (χ1) is 8.83. The second-order valence-corrected chi connectivity index (χ2v) is 4.46. The van der Waals surface area contributed by atoms with E-state index in [1.807, 2.05) is 0 Å². The highest BCUT2D eigenvalue weighted by molar-refractivity contribution is 7.18. The molecule has 0 spiro atoms. The Balaban J connectivity index is 1.85. The molecule has 0 aliphatic heterocycles. The fourth-order valence-corrected chi connectivity index (χ4v) is 2.19. The van der Waals surface area contributed by atoms with Crippen LogP contribution in [0.5, 0.6) is 0 Å². The number of aromatic nitrogens is 4. The van der Waals surface area contributed by atoms with Crippen molar-refractivity contribution in [2.75, 3.05) is 5.32 Å². The summed E-state index contributed by atoms with van der Waals surface area (Å²) < 4.78 is 15.0. The second-order valence-electron chi connectivity index (χ2n) is 3.45. The normalized spacial score (nSPS) is 10.5. The van der Waals surface area contributed by atoms with Gasteiger partial charge in [-0.15, -0.1) is 0 Å². The number of rotatable bonds is 3. The zero-order chi connectivity index (χ0) is 12.4. The third-order valence-corrected chi connectivity index (χ3v) is 3.16. The van der Waals surface area contributed by atoms with Gasteiger partial charge < -0.3 is 5.32 Å². The minimum Gasteiger partial charge on any atom is -0.329 e. The molecule has 7 heteroatoms. The van der Waals surface area contributed by atoms with Crippen LogP contribution in [0.1, 0.15) is 0 Å². The highest BCUT2D eigenvalue weighted by Crippen LogP contribution is 2.25. The van der Waals surface area contributed by atoms with Crippen molar-refractivity contribution in [2.45, 2.75) is 0 Å². The van der Waals surface area contributed by atoms with Gasteiger partial charge in [0.05, 0.1) is 11.9 Å². The lowest BCUT2D eigenvalue weighted by Crippen LogP contribution is -1.91. The predicted octanol–water partition coefficient (Wildman–Crippen LogP) is 2.61. The number of nitrogens with zero attached hydrogens (tertiary/aromatic N) is 4. The minimum absolute atomic E-state index is 0.310. The second kappa shape index (κ2) is 4.53. The zero-order valence-corrected chi connectivity index (χ0v) is 9.93. The number of para-hydroxylation sites is 1. The largest absolute Gasteiger partial charge is 0.329 e. The van der Waals surface area contributed by atoms with E-state index in [1.165, 1.54) is 23.7 Å². The first kappa shape index (κ1) is 10.8. The van der Waals surface area contributed by atoms with Gasteiger partial charge in [-0.3, -0.25) is 0 Å². The molecule has 0 amide bonds. The van der Waals surface area contributed by atoms with E-state index in [2.05, 4.69) is 20.4 Å². The minimum atomic E-state index is -0.310. The summed E-state index contributed by atoms with van der Waals surface area (Å²) in [7, 11) is 0. The summed E-state index contributed by atoms with van der Waals surface area (Å²) in [5.74, 6) is -0.310. The molecule has 3 rings (SSSR count). The van der Waals surface area contributed by atoms with Crippen molar-refractivity contribution in [3.8, 4) is 5.00 Å². The van der Waals surface area contributed by atoms with E-state index in [0.29, 0.717) is 10.8 Å². The smallest absolute Gasteiger partial charge is 0.189 e. The molecule has 18 heavy (non-hydrogen) atoms. The number of hydrogen-bond donors (Lipinski definition) is 1. The Morgan fingerprint density at radius 2 is 2.17 bits per heavy atom. The molecule has 3 aromatic rings. The van der Waals surface area contributed by atoms with Gasteiger partial charge in [0.1, 0.15) is 23.5 Å². The molecule has 0 bridgehead atoms. The maximum Gasteiger partial charge on any atom is 0.189 e. The van der Waals surface area contributed by atoms with Crippen molar-refractivity contribution >= 4 is 22.2 Å². The summed E-state index contributed by atoms with van der Waals surface area (Å²) in [5, 5.41) is 8.34. The third-order valence-electron chi connectivity index (χ3n) is 2.25. The quantitative estimate of drug-likeness (QED) is 0.787. The fourth-order valence-electron chi connectivity index (χ4n) is 1.43. The predicted molar refractivity (Wildman–Crippen MR) is 66.7 cm³/mol. The molecule has 2 heterocycles. The number of nitrogens with one attached hydrogen (secondary N) is 1. The van der Waals surface area contributed by atoms with Crippen molar-refractivity contribution in [3.05, 3.63) is 48.9 Å². The lowest BCUT2D eigenvalue weighted by Gasteiger charge is -2.02. The number of anilines is 2. The lowest BCUT2D eigenvalue weighted by molar-refractivity contribution is 0.632. The van der Waals surface area contributed by atoms with Crippen LogP contribution in [-0.4, -0.2) is 19.7 Å². The molecule has 0 unspecified atom stereocenters. The molecule has 2 aromatic heterocycles. The summed E-state index contributed by atoms with van der Waals surface area (Å²) in [5.41, 5.74) is 0.400. The third kappa shape index (κ3) is 2.07. The van der Waals surface area contributed by atoms with E-state index >= 15 is 0 Å². The van der Waals surface area contributed by atoms with Gasteiger partial charge in [-0.1, -0.05) is 23.5 Å². The van der Waals surface area contributed by atoms with Gasteiger partial charge in [0.25, 0.3) is 0 Å². The van der Waals surface area contributed by atoms with Gasteiger partial charge in [0.15, 0.2) is 5.13 Å². The molecule has 0 saturated carbocycles. The van der Waals surface area contributed by atoms with Crippen molar-refractivity contribution in [2.24, 2.45) is 0 Å². The van der Waals surface area contributed by atoms with Crippen LogP contribution >= 0.6 is 11.3 Å². The van der Waals surface area contributed by atoms with Crippen LogP contribution in [-0.2, 0) is 0 Å². The molecule has 0 aliphatic rings. The average molecular weight is 261 g/mol. The Morgan fingerprint density at radius 3 is 2.94 bits per heavy atom. The molecule has 0 aliphatic carbocycles. The molecular formula is C11H8FN5S. The summed E-state index contributed by atoms with van der Waals surface area (Å²) in [6.07, 6.45) is 4.69. The molecule has 1 aromatic carbocycles. The van der Waals surface area contributed by atoms with Gasteiger partial charge in [0.2, 0.25) is 0 Å². The van der Waals surface area contributed by atoms with E-state index in [4.69, 9.17) is 0 Å². The van der Waals surface area contributed by atoms with Crippen molar-refractivity contribution in [1.82, 2.24) is 19.7 Å². The highest BCUT2D eigenvalue weighted by atomic mass is 32.1. The van der Waals surface area contributed by atoms with Crippen molar-refractivity contribution < 1.29 is 4.39 Å². The van der Waals surface area contributed by atoms with E-state index in [-0.39, 0.29) is 5.82 Å². The SMILES string of the molecule is Fc1ccccc1Nc1ncc(-n2cncn2)s1. The van der Waals surface area contributed by atoms with Crippen LogP contribution < -0.4 is 5.32 Å². The monoisotopic (exact) mass is 261 g/mol. The fraction of sp³-hybridized carbons (Fsp3) is 0. The maximum absolute atomic E-state index is 13.4. The first-order valence-electron chi connectivity index (χ1n) is 5.15. The van der Waals surface area contributed by atoms with Crippen LogP contribution in [0.2, 0.25) is 0 Å². The zero-order valence-electron chi connectivity index (χ0n) is 9.12. The Kier molecular flexibility index (Phi) is 2.73. The van der Waals surface area contributed by atoms with E-state index < -0.39 is 0 Å². The summed E-state index contributed by atoms with van der Waals surface area (Å²) in [4.78, 5) is 8.02. The standard InChI is InChI=1S/C11H8FN5S/c12-8-3-1-2-4-9(8)16-11-14-5-10(18-11)17-7-13-6-15-17/h1-7H,(H,14,16). The average Bonchev–Trinajstić information content (AvgIpc) is 3.02. The van der Waals surface area contributed by atoms with E-state index in [0.717, 1.165) is 5.00 Å². The van der Waals surface area contributed by atoms with Gasteiger partial charge in [-0.25, -0.2) is 19.0 Å². The van der Waals surface area contributed by atoms with Crippen LogP contribution in [0, 0.1) is 5.82 Å². The van der Waals surface area contributed by atoms with E-state index in [9.17, 15) is 4.39 Å². The molecule has 5 nitrogen and oxygen atoms in total. The highest BCUT2D eigenvalue weighted by Gasteiger charge is 2.06. The summed E-state index contributed by atoms with van der Waals surface area (Å²) >= 11 is 1.37. The molecule has 0 radical (unpaired) electrons. The van der Waals surface area contributed by atoms with Gasteiger partial charge in [-0.2, -0.15) is 5.10 Å². The maximum atomic E-state index is 13.4. The molecule has 90 valence electrons. The number of hydrogen-bond acceptors (Lipinski definition) is 5. The number of benzene rings is 1. The molecule has 0 atom stereocenters. The lowest BCUT2D eigenvalue weighted by atomic mass is 10.3. The van der Waals surface area contributed by atoms with Crippen molar-refractivity contribution in [3.63, 3.8) is 0 Å². The molecule has 1 N–H and O–H groups in total. The molecule has 0 saturated heterocycles. The van der Waals surface area contributed by atoms with Crippen molar-refractivity contribution in [1.29, 1.82) is 0 Å². The van der Waals surface area contributed by atoms with E-state index in [1.54, 1.807) is 35.4 Å². The van der Waals surface area contributed by atoms with Crippen LogP contribution in [0.15, 0.2) is 43.1 Å². The molecule has 0 fully saturated rings. The van der Waals surface area contributed by atoms with Gasteiger partial charge >= 0.3 is 0 Å².